The Balaban J connectivity index is 1.63. The number of thiocarbonyl (C=S) groups is 1. The Morgan fingerprint density at radius 2 is 1.71 bits per heavy atom. The van der Waals surface area contributed by atoms with Crippen molar-refractivity contribution >= 4 is 23.0 Å². The molecule has 2 N–H and O–H groups in total. The molecular formula is C19H22FN3S. The first kappa shape index (κ1) is 16.9. The van der Waals surface area contributed by atoms with Crippen molar-refractivity contribution in [3.8, 4) is 0 Å². The van der Waals surface area contributed by atoms with E-state index < -0.39 is 0 Å². The number of rotatable bonds is 5. The summed E-state index contributed by atoms with van der Waals surface area (Å²) < 4.78 is 13.7. The van der Waals surface area contributed by atoms with Crippen molar-refractivity contribution in [3.63, 3.8) is 0 Å². The van der Waals surface area contributed by atoms with Gasteiger partial charge in [-0.25, -0.2) is 4.39 Å². The number of nitrogens with one attached hydrogen (secondary N) is 2. The van der Waals surface area contributed by atoms with Crippen molar-refractivity contribution in [2.24, 2.45) is 0 Å². The van der Waals surface area contributed by atoms with Crippen LogP contribution in [0.4, 0.5) is 10.1 Å². The molecule has 1 saturated heterocycles. The molecule has 126 valence electrons. The maximum absolute atomic E-state index is 13.7. The van der Waals surface area contributed by atoms with Gasteiger partial charge in [0.15, 0.2) is 5.11 Å². The van der Waals surface area contributed by atoms with Crippen LogP contribution >= 0.6 is 12.2 Å². The van der Waals surface area contributed by atoms with Gasteiger partial charge in [-0.3, -0.25) is 4.90 Å². The van der Waals surface area contributed by atoms with Crippen LogP contribution in [0, 0.1) is 5.82 Å². The Hall–Kier alpha value is -1.98. The lowest BCUT2D eigenvalue weighted by Gasteiger charge is -2.28. The van der Waals surface area contributed by atoms with Gasteiger partial charge < -0.3 is 10.6 Å². The average Bonchev–Trinajstić information content (AvgIpc) is 3.12. The molecule has 0 spiro atoms. The fraction of sp³-hybridized carbons (Fsp3) is 0.316. The van der Waals surface area contributed by atoms with Crippen LogP contribution in [0.2, 0.25) is 0 Å². The second-order valence-electron chi connectivity index (χ2n) is 5.98. The largest absolute Gasteiger partial charge is 0.361 e. The normalized spacial score (nSPS) is 15.9. The van der Waals surface area contributed by atoms with Gasteiger partial charge in [-0.2, -0.15) is 0 Å². The lowest BCUT2D eigenvalue weighted by molar-refractivity contribution is 0.246. The third-order valence-corrected chi connectivity index (χ3v) is 4.59. The molecular weight excluding hydrogens is 321 g/mol. The molecule has 0 amide bonds. The van der Waals surface area contributed by atoms with E-state index in [0.29, 0.717) is 17.3 Å². The highest BCUT2D eigenvalue weighted by Gasteiger charge is 2.23. The molecule has 2 aromatic carbocycles. The van der Waals surface area contributed by atoms with Gasteiger partial charge in [0.25, 0.3) is 0 Å². The van der Waals surface area contributed by atoms with Crippen LogP contribution in [-0.2, 0) is 0 Å². The van der Waals surface area contributed by atoms with Crippen LogP contribution < -0.4 is 10.6 Å². The number of hydrogen-bond acceptors (Lipinski definition) is 2. The van der Waals surface area contributed by atoms with E-state index in [1.807, 2.05) is 6.07 Å². The smallest absolute Gasteiger partial charge is 0.170 e. The summed E-state index contributed by atoms with van der Waals surface area (Å²) in [6.07, 6.45) is 2.47. The lowest BCUT2D eigenvalue weighted by atomic mass is 10.1. The first-order chi connectivity index (χ1) is 11.7. The summed E-state index contributed by atoms with van der Waals surface area (Å²) in [6.45, 7) is 2.91. The van der Waals surface area contributed by atoms with Crippen LogP contribution in [0.3, 0.4) is 0 Å². The summed E-state index contributed by atoms with van der Waals surface area (Å²) in [5, 5.41) is 6.62. The summed E-state index contributed by atoms with van der Waals surface area (Å²) in [6, 6.07) is 17.3. The first-order valence-corrected chi connectivity index (χ1v) is 8.73. The number of para-hydroxylation sites is 1. The van der Waals surface area contributed by atoms with Gasteiger partial charge >= 0.3 is 0 Å². The molecule has 0 bridgehead atoms. The van der Waals surface area contributed by atoms with Gasteiger partial charge in [0.05, 0.1) is 11.7 Å². The molecule has 3 rings (SSSR count). The monoisotopic (exact) mass is 343 g/mol. The van der Waals surface area contributed by atoms with Crippen LogP contribution in [-0.4, -0.2) is 29.6 Å². The topological polar surface area (TPSA) is 27.3 Å². The molecule has 3 nitrogen and oxygen atoms in total. The van der Waals surface area contributed by atoms with Gasteiger partial charge in [0.2, 0.25) is 0 Å². The average molecular weight is 343 g/mol. The Labute approximate surface area is 147 Å². The summed E-state index contributed by atoms with van der Waals surface area (Å²) in [7, 11) is 0. The van der Waals surface area contributed by atoms with E-state index in [2.05, 4.69) is 39.8 Å². The quantitative estimate of drug-likeness (QED) is 0.804. The van der Waals surface area contributed by atoms with Gasteiger partial charge in [-0.1, -0.05) is 42.5 Å². The van der Waals surface area contributed by atoms with Crippen LogP contribution in [0.15, 0.2) is 54.6 Å². The van der Waals surface area contributed by atoms with E-state index in [-0.39, 0.29) is 11.9 Å². The zero-order valence-corrected chi connectivity index (χ0v) is 14.4. The highest BCUT2D eigenvalue weighted by Crippen LogP contribution is 2.24. The summed E-state index contributed by atoms with van der Waals surface area (Å²) in [4.78, 5) is 2.48. The lowest BCUT2D eigenvalue weighted by Crippen LogP contribution is -2.38. The second-order valence-corrected chi connectivity index (χ2v) is 6.39. The van der Waals surface area contributed by atoms with Crippen molar-refractivity contribution in [2.75, 3.05) is 25.0 Å². The van der Waals surface area contributed by atoms with E-state index in [1.54, 1.807) is 18.2 Å². The second kappa shape index (κ2) is 8.22. The van der Waals surface area contributed by atoms with Crippen LogP contribution in [0.25, 0.3) is 0 Å². The van der Waals surface area contributed by atoms with E-state index in [9.17, 15) is 4.39 Å². The molecule has 1 fully saturated rings. The molecule has 0 aliphatic carbocycles. The molecule has 2 aromatic rings. The van der Waals surface area contributed by atoms with Crippen molar-refractivity contribution in [2.45, 2.75) is 18.9 Å². The van der Waals surface area contributed by atoms with E-state index in [0.717, 1.165) is 13.1 Å². The fourth-order valence-corrected chi connectivity index (χ4v) is 3.30. The van der Waals surface area contributed by atoms with Crippen molar-refractivity contribution in [3.05, 3.63) is 66.0 Å². The van der Waals surface area contributed by atoms with Crippen LogP contribution in [0.5, 0.6) is 0 Å². The van der Waals surface area contributed by atoms with E-state index >= 15 is 0 Å². The van der Waals surface area contributed by atoms with Crippen LogP contribution in [0.1, 0.15) is 24.4 Å². The van der Waals surface area contributed by atoms with Gasteiger partial charge in [-0.15, -0.1) is 0 Å². The highest BCUT2D eigenvalue weighted by molar-refractivity contribution is 7.80. The Morgan fingerprint density at radius 3 is 2.42 bits per heavy atom. The number of hydrogen-bond donors (Lipinski definition) is 2. The Bertz CT molecular complexity index is 671. The van der Waals surface area contributed by atoms with E-state index in [1.165, 1.54) is 24.5 Å². The number of benzene rings is 2. The number of nitrogens with zero attached hydrogens (tertiary/aromatic N) is 1. The molecule has 1 aliphatic rings. The standard InChI is InChI=1S/C19H22FN3S/c20-16-10-4-5-11-17(16)22-19(24)21-14-18(23-12-6-7-13-23)15-8-2-1-3-9-15/h1-5,8-11,18H,6-7,12-14H2,(H2,21,22,24)/t18-/m1/s1. The minimum absolute atomic E-state index is 0.272. The SMILES string of the molecule is Fc1ccccc1NC(=S)NC[C@H](c1ccccc1)N1CCCC1. The Kier molecular flexibility index (Phi) is 5.77. The minimum Gasteiger partial charge on any atom is -0.361 e. The summed E-state index contributed by atoms with van der Waals surface area (Å²) in [5.41, 5.74) is 1.67. The Morgan fingerprint density at radius 1 is 1.04 bits per heavy atom. The minimum atomic E-state index is -0.305. The van der Waals surface area contributed by atoms with Crippen molar-refractivity contribution in [1.29, 1.82) is 0 Å². The number of halogens is 1. The predicted molar refractivity (Wildman–Crippen MR) is 101 cm³/mol. The highest BCUT2D eigenvalue weighted by atomic mass is 32.1. The van der Waals surface area contributed by atoms with Gasteiger partial charge in [0, 0.05) is 6.54 Å². The molecule has 0 saturated carbocycles. The number of likely N-dealkylation sites (tertiary alicyclic amines) is 1. The molecule has 1 heterocycles. The van der Waals surface area contributed by atoms with Gasteiger partial charge in [0.1, 0.15) is 5.82 Å². The third kappa shape index (κ3) is 4.30. The maximum atomic E-state index is 13.7. The molecule has 5 heteroatoms. The fourth-order valence-electron chi connectivity index (χ4n) is 3.10. The molecule has 0 unspecified atom stereocenters. The maximum Gasteiger partial charge on any atom is 0.170 e. The predicted octanol–water partition coefficient (Wildman–Crippen LogP) is 3.95. The molecule has 0 radical (unpaired) electrons. The zero-order chi connectivity index (χ0) is 16.8. The zero-order valence-electron chi connectivity index (χ0n) is 13.5. The van der Waals surface area contributed by atoms with Gasteiger partial charge in [-0.05, 0) is 55.8 Å². The van der Waals surface area contributed by atoms with Crippen molar-refractivity contribution in [1.82, 2.24) is 10.2 Å². The van der Waals surface area contributed by atoms with Crippen molar-refractivity contribution < 1.29 is 4.39 Å². The first-order valence-electron chi connectivity index (χ1n) is 8.32. The number of anilines is 1. The molecule has 24 heavy (non-hydrogen) atoms. The molecule has 1 aliphatic heterocycles. The third-order valence-electron chi connectivity index (χ3n) is 4.34. The van der Waals surface area contributed by atoms with E-state index in [4.69, 9.17) is 12.2 Å². The summed E-state index contributed by atoms with van der Waals surface area (Å²) >= 11 is 5.33. The molecule has 1 atom stereocenters. The summed E-state index contributed by atoms with van der Waals surface area (Å²) in [5.74, 6) is -0.305. The molecule has 0 aromatic heterocycles.